The van der Waals surface area contributed by atoms with E-state index in [1.54, 1.807) is 0 Å². The number of H-pyrrole nitrogens is 1. The number of hydrogen-bond acceptors (Lipinski definition) is 4. The molecule has 1 aliphatic carbocycles. The average molecular weight is 284 g/mol. The first-order chi connectivity index (χ1) is 9.08. The molecule has 2 N–H and O–H groups in total. The second kappa shape index (κ2) is 4.73. The van der Waals surface area contributed by atoms with Gasteiger partial charge in [-0.15, -0.1) is 0 Å². The molecule has 1 aromatic heterocycles. The van der Waals surface area contributed by atoms with Crippen LogP contribution in [-0.4, -0.2) is 32.2 Å². The second-order valence-corrected chi connectivity index (χ2v) is 6.74. The maximum atomic E-state index is 12.2. The van der Waals surface area contributed by atoms with E-state index in [0.29, 0.717) is 18.9 Å². The summed E-state index contributed by atoms with van der Waals surface area (Å²) >= 11 is 0. The molecular weight excluding hydrogens is 268 g/mol. The predicted octanol–water partition coefficient (Wildman–Crippen LogP) is 0.221. The first kappa shape index (κ1) is 12.8. The molecule has 2 atom stereocenters. The predicted molar refractivity (Wildman–Crippen MR) is 68.3 cm³/mol. The summed E-state index contributed by atoms with van der Waals surface area (Å²) in [5.41, 5.74) is -0.506. The van der Waals surface area contributed by atoms with E-state index in [1.165, 1.54) is 18.5 Å². The molecule has 2 heterocycles. The molecule has 3 rings (SSSR count). The molecule has 1 saturated carbocycles. The van der Waals surface area contributed by atoms with Gasteiger partial charge in [0.1, 0.15) is 4.90 Å². The van der Waals surface area contributed by atoms with Crippen LogP contribution in [0.15, 0.2) is 28.2 Å². The highest BCUT2D eigenvalue weighted by molar-refractivity contribution is 7.89. The van der Waals surface area contributed by atoms with Crippen LogP contribution >= 0.6 is 0 Å². The Balaban J connectivity index is 1.82. The van der Waals surface area contributed by atoms with Crippen molar-refractivity contribution in [2.75, 3.05) is 6.61 Å². The number of rotatable bonds is 4. The van der Waals surface area contributed by atoms with E-state index >= 15 is 0 Å². The summed E-state index contributed by atoms with van der Waals surface area (Å²) in [7, 11) is -3.79. The third-order valence-electron chi connectivity index (χ3n) is 3.61. The normalized spacial score (nSPS) is 27.6. The molecule has 0 bridgehead atoms. The Kier molecular flexibility index (Phi) is 3.20. The van der Waals surface area contributed by atoms with Gasteiger partial charge in [0, 0.05) is 25.1 Å². The van der Waals surface area contributed by atoms with Crippen molar-refractivity contribution in [3.8, 4) is 0 Å². The fraction of sp³-hybridized carbons (Fsp3) is 0.583. The minimum absolute atomic E-state index is 0.0439. The van der Waals surface area contributed by atoms with Crippen molar-refractivity contribution in [1.29, 1.82) is 0 Å². The molecule has 19 heavy (non-hydrogen) atoms. The Labute approximate surface area is 111 Å². The van der Waals surface area contributed by atoms with Crippen molar-refractivity contribution in [1.82, 2.24) is 9.71 Å². The summed E-state index contributed by atoms with van der Waals surface area (Å²) in [4.78, 5) is 14.0. The molecule has 6 nitrogen and oxygen atoms in total. The number of ether oxygens (including phenoxy) is 1. The standard InChI is InChI=1S/C12H16N2O4S/c15-10-3-5-13-7-11(10)19(16,17)14-9-4-6-18-12(9)8-1-2-8/h3,5,7-9,12,14H,1-2,4,6H2,(H,13,15). The number of aromatic nitrogens is 1. The van der Waals surface area contributed by atoms with E-state index in [9.17, 15) is 13.2 Å². The van der Waals surface area contributed by atoms with Gasteiger partial charge >= 0.3 is 0 Å². The van der Waals surface area contributed by atoms with E-state index in [-0.39, 0.29) is 17.0 Å². The Hall–Kier alpha value is -1.18. The summed E-state index contributed by atoms with van der Waals surface area (Å²) in [6.45, 7) is 0.569. The third-order valence-corrected chi connectivity index (χ3v) is 5.12. The highest BCUT2D eigenvalue weighted by Gasteiger charge is 2.42. The molecule has 2 unspecified atom stereocenters. The van der Waals surface area contributed by atoms with Crippen LogP contribution in [0.5, 0.6) is 0 Å². The topological polar surface area (TPSA) is 88.3 Å². The lowest BCUT2D eigenvalue weighted by Crippen LogP contribution is -2.42. The van der Waals surface area contributed by atoms with Gasteiger partial charge < -0.3 is 9.72 Å². The van der Waals surface area contributed by atoms with Crippen molar-refractivity contribution < 1.29 is 13.2 Å². The zero-order valence-corrected chi connectivity index (χ0v) is 11.2. The number of nitrogens with one attached hydrogen (secondary N) is 2. The molecule has 0 amide bonds. The van der Waals surface area contributed by atoms with Gasteiger partial charge in [-0.05, 0) is 25.2 Å². The van der Waals surface area contributed by atoms with Gasteiger partial charge in [0.2, 0.25) is 15.5 Å². The largest absolute Gasteiger partial charge is 0.376 e. The highest BCUT2D eigenvalue weighted by atomic mass is 32.2. The van der Waals surface area contributed by atoms with Crippen molar-refractivity contribution in [2.24, 2.45) is 5.92 Å². The van der Waals surface area contributed by atoms with Gasteiger partial charge in [0.05, 0.1) is 12.1 Å². The molecule has 1 aromatic rings. The lowest BCUT2D eigenvalue weighted by Gasteiger charge is -2.19. The molecule has 1 saturated heterocycles. The van der Waals surface area contributed by atoms with Gasteiger partial charge in [-0.1, -0.05) is 0 Å². The Morgan fingerprint density at radius 3 is 2.79 bits per heavy atom. The molecule has 7 heteroatoms. The molecule has 1 aliphatic heterocycles. The minimum atomic E-state index is -3.79. The van der Waals surface area contributed by atoms with Crippen molar-refractivity contribution >= 4 is 10.0 Å². The van der Waals surface area contributed by atoms with Crippen LogP contribution in [0.1, 0.15) is 19.3 Å². The smallest absolute Gasteiger partial charge is 0.246 e. The van der Waals surface area contributed by atoms with Crippen molar-refractivity contribution in [3.05, 3.63) is 28.7 Å². The summed E-state index contributed by atoms with van der Waals surface area (Å²) in [6.07, 6.45) is 5.42. The Morgan fingerprint density at radius 2 is 2.11 bits per heavy atom. The quantitative estimate of drug-likeness (QED) is 0.828. The summed E-state index contributed by atoms with van der Waals surface area (Å²) in [5.74, 6) is 0.462. The molecule has 2 fully saturated rings. The van der Waals surface area contributed by atoms with E-state index in [0.717, 1.165) is 12.8 Å². The molecule has 2 aliphatic rings. The zero-order valence-electron chi connectivity index (χ0n) is 10.3. The van der Waals surface area contributed by atoms with E-state index in [4.69, 9.17) is 4.74 Å². The third kappa shape index (κ3) is 2.58. The monoisotopic (exact) mass is 284 g/mol. The van der Waals surface area contributed by atoms with Gasteiger partial charge in [-0.25, -0.2) is 13.1 Å². The van der Waals surface area contributed by atoms with Crippen LogP contribution < -0.4 is 10.2 Å². The first-order valence-electron chi connectivity index (χ1n) is 6.39. The van der Waals surface area contributed by atoms with Gasteiger partial charge in [-0.3, -0.25) is 4.79 Å². The molecule has 0 spiro atoms. The van der Waals surface area contributed by atoms with Crippen LogP contribution in [-0.2, 0) is 14.8 Å². The van der Waals surface area contributed by atoms with Crippen LogP contribution in [0.2, 0.25) is 0 Å². The fourth-order valence-electron chi connectivity index (χ4n) is 2.50. The number of pyridine rings is 1. The van der Waals surface area contributed by atoms with Crippen LogP contribution in [0, 0.1) is 5.92 Å². The van der Waals surface area contributed by atoms with Gasteiger partial charge in [-0.2, -0.15) is 0 Å². The lowest BCUT2D eigenvalue weighted by molar-refractivity contribution is 0.0848. The molecule has 104 valence electrons. The zero-order chi connectivity index (χ0) is 13.5. The maximum Gasteiger partial charge on any atom is 0.246 e. The second-order valence-electron chi connectivity index (χ2n) is 5.06. The Morgan fingerprint density at radius 1 is 1.32 bits per heavy atom. The molecule has 0 aromatic carbocycles. The Bertz CT molecular complexity index is 621. The minimum Gasteiger partial charge on any atom is -0.376 e. The molecule has 0 radical (unpaired) electrons. The lowest BCUT2D eigenvalue weighted by atomic mass is 10.1. The summed E-state index contributed by atoms with van der Waals surface area (Å²) < 4.78 is 32.6. The van der Waals surface area contributed by atoms with Crippen LogP contribution in [0.4, 0.5) is 0 Å². The van der Waals surface area contributed by atoms with Crippen LogP contribution in [0.3, 0.4) is 0 Å². The number of sulfonamides is 1. The summed E-state index contributed by atoms with van der Waals surface area (Å²) in [5, 5.41) is 0. The van der Waals surface area contributed by atoms with Gasteiger partial charge in [0.15, 0.2) is 0 Å². The van der Waals surface area contributed by atoms with Crippen molar-refractivity contribution in [2.45, 2.75) is 36.3 Å². The van der Waals surface area contributed by atoms with E-state index in [2.05, 4.69) is 9.71 Å². The highest BCUT2D eigenvalue weighted by Crippen LogP contribution is 2.39. The summed E-state index contributed by atoms with van der Waals surface area (Å²) in [6, 6.07) is 0.982. The maximum absolute atomic E-state index is 12.2. The molecular formula is C12H16N2O4S. The van der Waals surface area contributed by atoms with E-state index in [1.807, 2.05) is 0 Å². The fourth-order valence-corrected chi connectivity index (χ4v) is 3.83. The SMILES string of the molecule is O=c1cc[nH]cc1S(=O)(=O)NC1CCOC1C1CC1. The number of aromatic amines is 1. The van der Waals surface area contributed by atoms with Crippen LogP contribution in [0.25, 0.3) is 0 Å². The average Bonchev–Trinajstić information content (AvgIpc) is 3.11. The van der Waals surface area contributed by atoms with E-state index < -0.39 is 15.5 Å². The van der Waals surface area contributed by atoms with Gasteiger partial charge in [0.25, 0.3) is 0 Å². The number of hydrogen-bond donors (Lipinski definition) is 2. The van der Waals surface area contributed by atoms with Crippen molar-refractivity contribution in [3.63, 3.8) is 0 Å². The first-order valence-corrected chi connectivity index (χ1v) is 7.87.